The number of halogens is 2. The molecule has 4 rings (SSSR count). The third-order valence-corrected chi connectivity index (χ3v) is 6.79. The summed E-state index contributed by atoms with van der Waals surface area (Å²) in [6, 6.07) is 9.28. The van der Waals surface area contributed by atoms with Crippen molar-refractivity contribution in [3.63, 3.8) is 0 Å². The van der Waals surface area contributed by atoms with E-state index in [4.69, 9.17) is 0 Å². The number of anilines is 1. The molecule has 1 fully saturated rings. The number of rotatable bonds is 6. The maximum atomic E-state index is 12.5. The minimum Gasteiger partial charge on any atom is -0.321 e. The Labute approximate surface area is 159 Å². The lowest BCUT2D eigenvalue weighted by molar-refractivity contribution is -0.928. The molecule has 2 aromatic rings. The first-order chi connectivity index (χ1) is 12.6. The Morgan fingerprint density at radius 2 is 2.04 bits per heavy atom. The molecule has 2 aliphatic rings. The van der Waals surface area contributed by atoms with Crippen molar-refractivity contribution in [3.8, 4) is 0 Å². The van der Waals surface area contributed by atoms with E-state index in [9.17, 15) is 13.6 Å². The molecule has 2 atom stereocenters. The molecule has 3 nitrogen and oxygen atoms in total. The molecule has 0 radical (unpaired) electrons. The normalized spacial score (nSPS) is 22.3. The number of alkyl halides is 2. The van der Waals surface area contributed by atoms with Crippen LogP contribution in [-0.2, 0) is 11.2 Å². The van der Waals surface area contributed by atoms with E-state index in [1.54, 1.807) is 24.3 Å². The minimum atomic E-state index is -2.43. The van der Waals surface area contributed by atoms with Crippen LogP contribution in [0.15, 0.2) is 40.6 Å². The van der Waals surface area contributed by atoms with Crippen LogP contribution in [0, 0.1) is 5.92 Å². The van der Waals surface area contributed by atoms with Gasteiger partial charge in [-0.05, 0) is 48.6 Å². The van der Waals surface area contributed by atoms with Gasteiger partial charge >= 0.3 is 0 Å². The van der Waals surface area contributed by atoms with E-state index < -0.39 is 5.76 Å². The Morgan fingerprint density at radius 1 is 1.27 bits per heavy atom. The summed E-state index contributed by atoms with van der Waals surface area (Å²) >= 11 is 2.34. The number of quaternary nitrogens is 1. The molecule has 0 saturated heterocycles. The highest BCUT2D eigenvalue weighted by Gasteiger charge is 2.43. The number of amides is 1. The molecule has 1 amide bonds. The van der Waals surface area contributed by atoms with E-state index in [1.807, 2.05) is 11.3 Å². The zero-order chi connectivity index (χ0) is 18.1. The van der Waals surface area contributed by atoms with Crippen LogP contribution in [0.1, 0.15) is 29.3 Å². The molecular weight excluding hydrogens is 374 g/mol. The number of hydrogen-bond donors (Lipinski definition) is 2. The Hall–Kier alpha value is -1.44. The van der Waals surface area contributed by atoms with Gasteiger partial charge in [0.1, 0.15) is 6.04 Å². The number of hydrogen-bond acceptors (Lipinski definition) is 3. The molecule has 1 aliphatic heterocycles. The summed E-state index contributed by atoms with van der Waals surface area (Å²) in [6.07, 6.45) is 3.56. The van der Waals surface area contributed by atoms with Crippen LogP contribution >= 0.6 is 23.1 Å². The Bertz CT molecular complexity index is 774. The lowest BCUT2D eigenvalue weighted by atomic mass is 9.96. The second-order valence-electron chi connectivity index (χ2n) is 6.90. The molecular formula is C19H21F2N2OS2+. The lowest BCUT2D eigenvalue weighted by Gasteiger charge is -2.32. The topological polar surface area (TPSA) is 33.5 Å². The monoisotopic (exact) mass is 395 g/mol. The van der Waals surface area contributed by atoms with Crippen molar-refractivity contribution < 1.29 is 18.5 Å². The van der Waals surface area contributed by atoms with E-state index in [2.05, 4.69) is 16.8 Å². The fourth-order valence-electron chi connectivity index (χ4n) is 3.83. The van der Waals surface area contributed by atoms with Crippen LogP contribution in [0.3, 0.4) is 0 Å². The fourth-order valence-corrected chi connectivity index (χ4v) is 5.26. The molecule has 0 bridgehead atoms. The molecule has 2 N–H and O–H groups in total. The summed E-state index contributed by atoms with van der Waals surface area (Å²) in [5.74, 6) is -1.74. The van der Waals surface area contributed by atoms with Gasteiger partial charge in [0.05, 0.1) is 6.54 Å². The number of carbonyl (C=O) groups excluding carboxylic acids is 1. The highest BCUT2D eigenvalue weighted by molar-refractivity contribution is 7.99. The van der Waals surface area contributed by atoms with Crippen molar-refractivity contribution in [2.75, 3.05) is 18.4 Å². The van der Waals surface area contributed by atoms with Crippen molar-refractivity contribution >= 4 is 34.7 Å². The SMILES string of the molecule is O=C(C[NH+]1CCc2sccc2[C@H]1C1CC1)Nc1ccc(SC(F)F)cc1. The van der Waals surface area contributed by atoms with E-state index >= 15 is 0 Å². The standard InChI is InChI=1S/C19H20F2N2OS2/c20-19(21)26-14-5-3-13(4-6-14)22-17(24)11-23-9-7-16-15(8-10-25-16)18(23)12-1-2-12/h3-6,8,10,12,18-19H,1-2,7,9,11H2,(H,22,24)/p+1/t18-/m1/s1. The third kappa shape index (κ3) is 4.10. The molecule has 1 unspecified atom stereocenters. The van der Waals surface area contributed by atoms with Crippen LogP contribution in [0.4, 0.5) is 14.5 Å². The van der Waals surface area contributed by atoms with Gasteiger partial charge in [0.15, 0.2) is 6.54 Å². The summed E-state index contributed by atoms with van der Waals surface area (Å²) in [5, 5.41) is 5.08. The average molecular weight is 396 g/mol. The predicted molar refractivity (Wildman–Crippen MR) is 101 cm³/mol. The first kappa shape index (κ1) is 17.9. The molecule has 0 spiro atoms. The fraction of sp³-hybridized carbons (Fsp3) is 0.421. The lowest BCUT2D eigenvalue weighted by Crippen LogP contribution is -3.14. The van der Waals surface area contributed by atoms with E-state index in [1.165, 1.54) is 28.2 Å². The van der Waals surface area contributed by atoms with Crippen LogP contribution in [-0.4, -0.2) is 24.8 Å². The van der Waals surface area contributed by atoms with E-state index in [0.717, 1.165) is 13.0 Å². The zero-order valence-electron chi connectivity index (χ0n) is 14.2. The number of benzene rings is 1. The van der Waals surface area contributed by atoms with Gasteiger partial charge in [0, 0.05) is 33.4 Å². The molecule has 2 heterocycles. The van der Waals surface area contributed by atoms with Crippen molar-refractivity contribution in [1.29, 1.82) is 0 Å². The van der Waals surface area contributed by atoms with Crippen molar-refractivity contribution in [1.82, 2.24) is 0 Å². The van der Waals surface area contributed by atoms with Gasteiger partial charge < -0.3 is 10.2 Å². The van der Waals surface area contributed by atoms with E-state index in [0.29, 0.717) is 40.8 Å². The maximum Gasteiger partial charge on any atom is 0.288 e. The predicted octanol–water partition coefficient (Wildman–Crippen LogP) is 3.59. The second kappa shape index (κ2) is 7.66. The smallest absolute Gasteiger partial charge is 0.288 e. The molecule has 1 aromatic heterocycles. The Balaban J connectivity index is 1.38. The number of thiophene rings is 1. The average Bonchev–Trinajstić information content (AvgIpc) is 3.32. The van der Waals surface area contributed by atoms with Crippen LogP contribution in [0.25, 0.3) is 0 Å². The van der Waals surface area contributed by atoms with Crippen LogP contribution in [0.2, 0.25) is 0 Å². The zero-order valence-corrected chi connectivity index (χ0v) is 15.8. The van der Waals surface area contributed by atoms with Gasteiger partial charge in [-0.3, -0.25) is 4.79 Å². The van der Waals surface area contributed by atoms with Gasteiger partial charge in [0.2, 0.25) is 0 Å². The van der Waals surface area contributed by atoms with Gasteiger partial charge in [-0.1, -0.05) is 11.8 Å². The molecule has 1 aliphatic carbocycles. The number of fused-ring (bicyclic) bond motifs is 1. The minimum absolute atomic E-state index is 0.0152. The highest BCUT2D eigenvalue weighted by Crippen LogP contribution is 2.42. The molecule has 138 valence electrons. The molecule has 26 heavy (non-hydrogen) atoms. The van der Waals surface area contributed by atoms with Gasteiger partial charge in [0.25, 0.3) is 11.7 Å². The molecule has 7 heteroatoms. The maximum absolute atomic E-state index is 12.5. The summed E-state index contributed by atoms with van der Waals surface area (Å²) in [7, 11) is 0. The summed E-state index contributed by atoms with van der Waals surface area (Å²) in [6.45, 7) is 1.44. The summed E-state index contributed by atoms with van der Waals surface area (Å²) in [5.41, 5.74) is 2.10. The van der Waals surface area contributed by atoms with Gasteiger partial charge in [-0.15, -0.1) is 11.3 Å². The summed E-state index contributed by atoms with van der Waals surface area (Å²) in [4.78, 5) is 15.9. The number of thioether (sulfide) groups is 1. The van der Waals surface area contributed by atoms with Crippen molar-refractivity contribution in [3.05, 3.63) is 46.2 Å². The summed E-state index contributed by atoms with van der Waals surface area (Å²) < 4.78 is 24.7. The largest absolute Gasteiger partial charge is 0.321 e. The van der Waals surface area contributed by atoms with Crippen LogP contribution < -0.4 is 10.2 Å². The van der Waals surface area contributed by atoms with Gasteiger partial charge in [-0.25, -0.2) is 0 Å². The Morgan fingerprint density at radius 3 is 2.73 bits per heavy atom. The number of carbonyl (C=O) groups is 1. The first-order valence-corrected chi connectivity index (χ1v) is 10.6. The molecule has 1 saturated carbocycles. The first-order valence-electron chi connectivity index (χ1n) is 8.85. The quantitative estimate of drug-likeness (QED) is 0.733. The van der Waals surface area contributed by atoms with E-state index in [-0.39, 0.29) is 5.91 Å². The molecule has 1 aromatic carbocycles. The highest BCUT2D eigenvalue weighted by atomic mass is 32.2. The number of nitrogens with one attached hydrogen (secondary N) is 2. The van der Waals surface area contributed by atoms with Gasteiger partial charge in [-0.2, -0.15) is 8.78 Å². The second-order valence-corrected chi connectivity index (χ2v) is 8.96. The Kier molecular flexibility index (Phi) is 5.29. The third-order valence-electron chi connectivity index (χ3n) is 5.07. The van der Waals surface area contributed by atoms with Crippen LogP contribution in [0.5, 0.6) is 0 Å². The van der Waals surface area contributed by atoms with Crippen molar-refractivity contribution in [2.24, 2.45) is 5.92 Å². The van der Waals surface area contributed by atoms with Crippen molar-refractivity contribution in [2.45, 2.75) is 36.0 Å².